The Morgan fingerprint density at radius 3 is 2.95 bits per heavy atom. The van der Waals surface area contributed by atoms with E-state index in [2.05, 4.69) is 5.32 Å². The summed E-state index contributed by atoms with van der Waals surface area (Å²) < 4.78 is 32.7. The van der Waals surface area contributed by atoms with Crippen molar-refractivity contribution in [2.75, 3.05) is 26.7 Å². The van der Waals surface area contributed by atoms with Crippen LogP contribution in [0.4, 0.5) is 0 Å². The first-order chi connectivity index (χ1) is 9.11. The molecule has 0 bridgehead atoms. The summed E-state index contributed by atoms with van der Waals surface area (Å²) in [4.78, 5) is 0. The minimum atomic E-state index is -3.46. The molecule has 1 aromatic heterocycles. The largest absolute Gasteiger partial charge is 0.494 e. The van der Waals surface area contributed by atoms with Gasteiger partial charge in [0, 0.05) is 19.1 Å². The van der Waals surface area contributed by atoms with E-state index in [1.807, 2.05) is 6.92 Å². The third-order valence-corrected chi connectivity index (χ3v) is 6.62. The fourth-order valence-corrected chi connectivity index (χ4v) is 5.47. The Balaban J connectivity index is 2.33. The van der Waals surface area contributed by atoms with E-state index < -0.39 is 10.0 Å². The molecular formula is C12H20N2O3S2. The lowest BCUT2D eigenvalue weighted by molar-refractivity contribution is 0.333. The zero-order valence-electron chi connectivity index (χ0n) is 11.3. The van der Waals surface area contributed by atoms with Gasteiger partial charge < -0.3 is 10.1 Å². The first kappa shape index (κ1) is 14.8. The molecular weight excluding hydrogens is 284 g/mol. The highest BCUT2D eigenvalue weighted by Crippen LogP contribution is 2.33. The molecule has 19 heavy (non-hydrogen) atoms. The van der Waals surface area contributed by atoms with Gasteiger partial charge in [0.1, 0.15) is 5.75 Å². The van der Waals surface area contributed by atoms with Gasteiger partial charge in [0.05, 0.1) is 7.11 Å². The first-order valence-corrected chi connectivity index (χ1v) is 8.77. The highest BCUT2D eigenvalue weighted by atomic mass is 32.2. The number of nitrogens with one attached hydrogen (secondary N) is 1. The molecule has 1 saturated heterocycles. The summed E-state index contributed by atoms with van der Waals surface area (Å²) in [5.41, 5.74) is 0. The Bertz CT molecular complexity index is 507. The van der Waals surface area contributed by atoms with Crippen LogP contribution in [0.5, 0.6) is 5.75 Å². The molecule has 1 unspecified atom stereocenters. The monoisotopic (exact) mass is 304 g/mol. The number of thiophene rings is 1. The Morgan fingerprint density at radius 2 is 2.37 bits per heavy atom. The fraction of sp³-hybridized carbons (Fsp3) is 0.667. The predicted octanol–water partition coefficient (Wildman–Crippen LogP) is 1.52. The second kappa shape index (κ2) is 6.21. The molecule has 0 amide bonds. The molecule has 1 aliphatic heterocycles. The van der Waals surface area contributed by atoms with Gasteiger partial charge in [0.15, 0.2) is 4.21 Å². The van der Waals surface area contributed by atoms with Crippen LogP contribution in [0.25, 0.3) is 0 Å². The van der Waals surface area contributed by atoms with Crippen LogP contribution in [0, 0.1) is 0 Å². The van der Waals surface area contributed by atoms with Gasteiger partial charge in [-0.1, -0.05) is 6.92 Å². The zero-order valence-corrected chi connectivity index (χ0v) is 12.9. The topological polar surface area (TPSA) is 58.6 Å². The molecule has 0 saturated carbocycles. The van der Waals surface area contributed by atoms with Crippen LogP contribution in [0.1, 0.15) is 19.8 Å². The fourth-order valence-electron chi connectivity index (χ4n) is 2.33. The number of rotatable bonds is 6. The Labute approximate surface area is 118 Å². The summed E-state index contributed by atoms with van der Waals surface area (Å²) in [5, 5.41) is 4.98. The molecule has 0 aliphatic carbocycles. The number of hydrogen-bond donors (Lipinski definition) is 1. The Kier molecular flexibility index (Phi) is 4.83. The molecule has 1 aromatic rings. The summed E-state index contributed by atoms with van der Waals surface area (Å²) in [5.74, 6) is 0.442. The van der Waals surface area contributed by atoms with Crippen molar-refractivity contribution in [3.05, 3.63) is 11.4 Å². The van der Waals surface area contributed by atoms with Gasteiger partial charge >= 0.3 is 0 Å². The number of methoxy groups -OCH3 is 1. The van der Waals surface area contributed by atoms with Crippen LogP contribution >= 0.6 is 11.3 Å². The van der Waals surface area contributed by atoms with E-state index in [1.165, 1.54) is 18.4 Å². The van der Waals surface area contributed by atoms with E-state index in [9.17, 15) is 8.42 Å². The van der Waals surface area contributed by atoms with E-state index in [0.29, 0.717) is 16.5 Å². The number of ether oxygens (including phenoxy) is 1. The second-order valence-electron chi connectivity index (χ2n) is 4.54. The molecule has 2 rings (SSSR count). The van der Waals surface area contributed by atoms with Crippen molar-refractivity contribution in [3.63, 3.8) is 0 Å². The minimum absolute atomic E-state index is 0.0526. The summed E-state index contributed by atoms with van der Waals surface area (Å²) in [7, 11) is -1.96. The molecule has 0 radical (unpaired) electrons. The maximum Gasteiger partial charge on any atom is 0.256 e. The Morgan fingerprint density at radius 1 is 1.58 bits per heavy atom. The van der Waals surface area contributed by atoms with Crippen molar-refractivity contribution < 1.29 is 13.2 Å². The lowest BCUT2D eigenvalue weighted by Gasteiger charge is -2.26. The average Bonchev–Trinajstić information content (AvgIpc) is 3.05. The predicted molar refractivity (Wildman–Crippen MR) is 76.3 cm³/mol. The molecule has 1 aliphatic rings. The molecule has 7 heteroatoms. The van der Waals surface area contributed by atoms with Crippen LogP contribution in [0.15, 0.2) is 15.7 Å². The number of sulfonamides is 1. The van der Waals surface area contributed by atoms with Crippen molar-refractivity contribution in [2.45, 2.75) is 30.0 Å². The van der Waals surface area contributed by atoms with E-state index in [0.717, 1.165) is 25.9 Å². The second-order valence-corrected chi connectivity index (χ2v) is 7.54. The van der Waals surface area contributed by atoms with Gasteiger partial charge in [0.2, 0.25) is 0 Å². The van der Waals surface area contributed by atoms with Gasteiger partial charge in [-0.05, 0) is 30.8 Å². The summed E-state index contributed by atoms with van der Waals surface area (Å²) in [6, 6.07) is 1.76. The van der Waals surface area contributed by atoms with Crippen molar-refractivity contribution >= 4 is 21.4 Å². The molecule has 1 fully saturated rings. The van der Waals surface area contributed by atoms with Crippen molar-refractivity contribution in [1.29, 1.82) is 0 Å². The minimum Gasteiger partial charge on any atom is -0.494 e. The molecule has 1 atom stereocenters. The van der Waals surface area contributed by atoms with E-state index in [1.54, 1.807) is 15.8 Å². The molecule has 5 nitrogen and oxygen atoms in total. The summed E-state index contributed by atoms with van der Waals surface area (Å²) >= 11 is 1.22. The van der Waals surface area contributed by atoms with Gasteiger partial charge in [-0.3, -0.25) is 0 Å². The van der Waals surface area contributed by atoms with Crippen molar-refractivity contribution in [1.82, 2.24) is 9.62 Å². The van der Waals surface area contributed by atoms with Gasteiger partial charge in [-0.2, -0.15) is 4.31 Å². The van der Waals surface area contributed by atoms with Crippen LogP contribution in [0.3, 0.4) is 0 Å². The molecule has 1 N–H and O–H groups in total. The van der Waals surface area contributed by atoms with Crippen molar-refractivity contribution in [3.8, 4) is 5.75 Å². The lowest BCUT2D eigenvalue weighted by Crippen LogP contribution is -2.41. The molecule has 0 aromatic carbocycles. The molecule has 0 spiro atoms. The van der Waals surface area contributed by atoms with Crippen LogP contribution in [0.2, 0.25) is 0 Å². The SMILES string of the molecule is CCCN(C1CCNC1)S(=O)(=O)c1sccc1OC. The maximum atomic E-state index is 12.8. The highest BCUT2D eigenvalue weighted by molar-refractivity contribution is 7.91. The summed E-state index contributed by atoms with van der Waals surface area (Å²) in [6.07, 6.45) is 1.68. The van der Waals surface area contributed by atoms with Gasteiger partial charge in [0.25, 0.3) is 10.0 Å². The van der Waals surface area contributed by atoms with E-state index >= 15 is 0 Å². The normalized spacial score (nSPS) is 20.1. The highest BCUT2D eigenvalue weighted by Gasteiger charge is 2.35. The van der Waals surface area contributed by atoms with Gasteiger partial charge in [-0.25, -0.2) is 8.42 Å². The average molecular weight is 304 g/mol. The quantitative estimate of drug-likeness (QED) is 0.866. The van der Waals surface area contributed by atoms with Gasteiger partial charge in [-0.15, -0.1) is 11.3 Å². The third kappa shape index (κ3) is 2.94. The first-order valence-electron chi connectivity index (χ1n) is 6.45. The van der Waals surface area contributed by atoms with Crippen molar-refractivity contribution in [2.24, 2.45) is 0 Å². The smallest absolute Gasteiger partial charge is 0.256 e. The standard InChI is InChI=1S/C12H20N2O3S2/c1-3-7-14(10-4-6-13-9-10)19(15,16)12-11(17-2)5-8-18-12/h5,8,10,13H,3-4,6-7,9H2,1-2H3. The van der Waals surface area contributed by atoms with Crippen LogP contribution < -0.4 is 10.1 Å². The number of hydrogen-bond acceptors (Lipinski definition) is 5. The van der Waals surface area contributed by atoms with Crippen LogP contribution in [-0.2, 0) is 10.0 Å². The third-order valence-electron chi connectivity index (χ3n) is 3.24. The lowest BCUT2D eigenvalue weighted by atomic mass is 10.2. The van der Waals surface area contributed by atoms with E-state index in [4.69, 9.17) is 4.74 Å². The molecule has 2 heterocycles. The molecule has 108 valence electrons. The zero-order chi connectivity index (χ0) is 13.9. The van der Waals surface area contributed by atoms with E-state index in [-0.39, 0.29) is 6.04 Å². The summed E-state index contributed by atoms with van der Waals surface area (Å²) in [6.45, 7) is 4.15. The number of nitrogens with zero attached hydrogens (tertiary/aromatic N) is 1. The van der Waals surface area contributed by atoms with Crippen LogP contribution in [-0.4, -0.2) is 45.5 Å². The Hall–Kier alpha value is -0.630. The maximum absolute atomic E-state index is 12.8.